The zero-order valence-electron chi connectivity index (χ0n) is 5.03. The molecule has 0 amide bonds. The predicted molar refractivity (Wildman–Crippen MR) is 32.2 cm³/mol. The summed E-state index contributed by atoms with van der Waals surface area (Å²) in [5.74, 6) is 0. The van der Waals surface area contributed by atoms with Gasteiger partial charge in [-0.1, -0.05) is 0 Å². The van der Waals surface area contributed by atoms with Gasteiger partial charge in [0.25, 0.3) is 0 Å². The maximum atomic E-state index is 8.74. The summed E-state index contributed by atoms with van der Waals surface area (Å²) < 4.78 is 31.6. The summed E-state index contributed by atoms with van der Waals surface area (Å²) in [6, 6.07) is 0. The van der Waals surface area contributed by atoms with Crippen molar-refractivity contribution in [3.05, 3.63) is 0 Å². The molecule has 78 valence electrons. The van der Waals surface area contributed by atoms with Crippen LogP contribution in [-0.2, 0) is 27.8 Å². The van der Waals surface area contributed by atoms with E-state index in [1.54, 1.807) is 0 Å². The van der Waals surface area contributed by atoms with Crippen LogP contribution in [0.15, 0.2) is 0 Å². The first-order chi connectivity index (χ1) is 2.00. The summed E-state index contributed by atoms with van der Waals surface area (Å²) in [5, 5.41) is 0. The molecule has 0 rings (SSSR count). The van der Waals surface area contributed by atoms with Crippen molar-refractivity contribution in [3.63, 3.8) is 0 Å². The van der Waals surface area contributed by atoms with E-state index in [0.717, 1.165) is 0 Å². The van der Waals surface area contributed by atoms with E-state index >= 15 is 0 Å². The van der Waals surface area contributed by atoms with Gasteiger partial charge in [-0.05, 0) is 0 Å². The van der Waals surface area contributed by atoms with Gasteiger partial charge in [-0.2, -0.15) is 8.42 Å². The van der Waals surface area contributed by atoms with Crippen molar-refractivity contribution in [2.24, 2.45) is 0 Å². The average molecular weight is 240 g/mol. The van der Waals surface area contributed by atoms with Crippen LogP contribution in [0.5, 0.6) is 0 Å². The zero-order valence-corrected chi connectivity index (χ0v) is 7.12. The molecule has 0 aromatic carbocycles. The Hall–Kier alpha value is 0.202. The van der Waals surface area contributed by atoms with Gasteiger partial charge >= 0.3 is 10.4 Å². The molecular weight excluding hydrogens is 228 g/mol. The van der Waals surface area contributed by atoms with Crippen LogP contribution in [0.1, 0.15) is 0 Å². The van der Waals surface area contributed by atoms with Crippen molar-refractivity contribution in [2.45, 2.75) is 0 Å². The Kier molecular flexibility index (Phi) is 135. The van der Waals surface area contributed by atoms with E-state index in [2.05, 4.69) is 0 Å². The molecule has 0 radical (unpaired) electrons. The van der Waals surface area contributed by atoms with Gasteiger partial charge in [0.05, 0.1) is 0 Å². The molecule has 0 aromatic rings. The normalized spacial score (nSPS) is 5.27. The second-order valence-corrected chi connectivity index (χ2v) is 1.34. The largest absolute Gasteiger partial charge is 0.412 e. The summed E-state index contributed by atoms with van der Waals surface area (Å²) in [5.41, 5.74) is 0. The third kappa shape index (κ3) is 16700. The van der Waals surface area contributed by atoms with Crippen LogP contribution in [0.3, 0.4) is 0 Å². The Morgan fingerprint density at radius 1 is 0.727 bits per heavy atom. The molecule has 11 heavy (non-hydrogen) atoms. The Labute approximate surface area is 73.3 Å². The minimum Gasteiger partial charge on any atom is -0.412 e. The van der Waals surface area contributed by atoms with Crippen LogP contribution in [0.25, 0.3) is 0 Å². The zero-order chi connectivity index (χ0) is 4.50. The van der Waals surface area contributed by atoms with E-state index in [-0.39, 0.29) is 44.7 Å². The third-order valence-corrected chi connectivity index (χ3v) is 0. The minimum atomic E-state index is -4.67. The minimum absolute atomic E-state index is 0. The predicted octanol–water partition coefficient (Wildman–Crippen LogP) is -4.78. The van der Waals surface area contributed by atoms with E-state index in [1.165, 1.54) is 0 Å². The van der Waals surface area contributed by atoms with E-state index < -0.39 is 10.4 Å². The topological polar surface area (TPSA) is 232 Å². The number of hydrogen-bond acceptors (Lipinski definition) is 2. The molecule has 0 aliphatic heterocycles. The second kappa shape index (κ2) is 22.5. The molecule has 12 N–H and O–H groups in total. The van der Waals surface area contributed by atoms with Crippen molar-refractivity contribution < 1.29 is 62.3 Å². The van der Waals surface area contributed by atoms with Crippen LogP contribution >= 0.6 is 0 Å². The Morgan fingerprint density at radius 3 is 0.727 bits per heavy atom. The molecule has 0 heterocycles. The quantitative estimate of drug-likeness (QED) is 0.396. The van der Waals surface area contributed by atoms with Crippen LogP contribution in [0.4, 0.5) is 0 Å². The van der Waals surface area contributed by atoms with E-state index in [9.17, 15) is 0 Å². The van der Waals surface area contributed by atoms with Crippen LogP contribution in [0.2, 0.25) is 0 Å². The summed E-state index contributed by atoms with van der Waals surface area (Å²) in [7, 11) is -4.67. The molecule has 0 aliphatic rings. The van der Waals surface area contributed by atoms with Crippen LogP contribution in [-0.4, -0.2) is 44.9 Å². The first kappa shape index (κ1) is 66.0. The second-order valence-electron chi connectivity index (χ2n) is 0.448. The SMILES string of the molecule is O.O.O.O.O.O=S(=O)(O)O.[Cr]. The maximum absolute atomic E-state index is 8.74. The van der Waals surface area contributed by atoms with E-state index in [4.69, 9.17) is 17.5 Å². The molecule has 9 nitrogen and oxygen atoms in total. The first-order valence-electron chi connectivity index (χ1n) is 0.698. The van der Waals surface area contributed by atoms with Gasteiger partial charge < -0.3 is 27.4 Å². The molecule has 0 aliphatic carbocycles. The Bertz CT molecular complexity index is 92.7. The monoisotopic (exact) mass is 240 g/mol. The smallest absolute Gasteiger partial charge is 0.394 e. The van der Waals surface area contributed by atoms with Crippen molar-refractivity contribution in [1.82, 2.24) is 0 Å². The van der Waals surface area contributed by atoms with Gasteiger partial charge in [0.1, 0.15) is 0 Å². The standard InChI is InChI=1S/Cr.H2O4S.5H2O/c;1-5(2,3)4;;;;;/h;(H2,1,2,3,4);5*1H2. The number of rotatable bonds is 0. The first-order valence-corrected chi connectivity index (χ1v) is 2.10. The summed E-state index contributed by atoms with van der Waals surface area (Å²) >= 11 is 0. The Morgan fingerprint density at radius 2 is 0.727 bits per heavy atom. The van der Waals surface area contributed by atoms with E-state index in [0.29, 0.717) is 0 Å². The van der Waals surface area contributed by atoms with Crippen molar-refractivity contribution in [3.8, 4) is 0 Å². The van der Waals surface area contributed by atoms with E-state index in [1.807, 2.05) is 0 Å². The molecule has 0 saturated carbocycles. The van der Waals surface area contributed by atoms with Gasteiger partial charge in [0, 0.05) is 17.4 Å². The molecule has 0 bridgehead atoms. The van der Waals surface area contributed by atoms with Crippen LogP contribution < -0.4 is 0 Å². The Balaban J connectivity index is -0.00000000533. The summed E-state index contributed by atoms with van der Waals surface area (Å²) in [6.45, 7) is 0. The molecule has 0 fully saturated rings. The van der Waals surface area contributed by atoms with Crippen molar-refractivity contribution in [1.29, 1.82) is 0 Å². The molecule has 0 aromatic heterocycles. The van der Waals surface area contributed by atoms with Gasteiger partial charge in [-0.15, -0.1) is 0 Å². The van der Waals surface area contributed by atoms with Crippen molar-refractivity contribution in [2.75, 3.05) is 0 Å². The molecule has 0 spiro atoms. The molecule has 11 heteroatoms. The van der Waals surface area contributed by atoms with Gasteiger partial charge in [-0.3, -0.25) is 9.11 Å². The fraction of sp³-hybridized carbons (Fsp3) is 0. The van der Waals surface area contributed by atoms with Gasteiger partial charge in [0.2, 0.25) is 0 Å². The fourth-order valence-electron chi connectivity index (χ4n) is 0. The molecule has 0 unspecified atom stereocenters. The van der Waals surface area contributed by atoms with Gasteiger partial charge in [-0.25, -0.2) is 0 Å². The van der Waals surface area contributed by atoms with Crippen molar-refractivity contribution >= 4 is 10.4 Å². The average Bonchev–Trinajstić information content (AvgIpc) is 0.722. The molecule has 0 saturated heterocycles. The van der Waals surface area contributed by atoms with Gasteiger partial charge in [0.15, 0.2) is 0 Å². The third-order valence-electron chi connectivity index (χ3n) is 0. The van der Waals surface area contributed by atoms with Crippen LogP contribution in [0, 0.1) is 0 Å². The molecular formula is H12CrO9S. The fourth-order valence-corrected chi connectivity index (χ4v) is 0. The summed E-state index contributed by atoms with van der Waals surface area (Å²) in [6.07, 6.45) is 0. The summed E-state index contributed by atoms with van der Waals surface area (Å²) in [4.78, 5) is 0. The molecule has 0 atom stereocenters. The number of hydrogen-bond donors (Lipinski definition) is 2. The maximum Gasteiger partial charge on any atom is 0.394 e.